The van der Waals surface area contributed by atoms with E-state index in [0.29, 0.717) is 0 Å². The first-order valence-corrected chi connectivity index (χ1v) is 8.64. The quantitative estimate of drug-likeness (QED) is 0.563. The minimum atomic E-state index is -0.601. The van der Waals surface area contributed by atoms with E-state index in [1.54, 1.807) is 11.3 Å². The molecule has 1 aromatic heterocycles. The minimum Gasteiger partial charge on any atom is -0.384 e. The monoisotopic (exact) mass is 410 g/mol. The molecule has 3 rings (SSSR count). The van der Waals surface area contributed by atoms with Gasteiger partial charge in [0, 0.05) is 19.2 Å². The van der Waals surface area contributed by atoms with Crippen LogP contribution in [-0.2, 0) is 0 Å². The fourth-order valence-corrected chi connectivity index (χ4v) is 4.35. The Labute approximate surface area is 138 Å². The number of halogens is 2. The van der Waals surface area contributed by atoms with Crippen molar-refractivity contribution in [3.63, 3.8) is 0 Å². The van der Waals surface area contributed by atoms with Crippen LogP contribution in [-0.4, -0.2) is 5.11 Å². The maximum Gasteiger partial charge on any atom is 0.106 e. The van der Waals surface area contributed by atoms with E-state index in [0.717, 1.165) is 31.0 Å². The summed E-state index contributed by atoms with van der Waals surface area (Å²) in [6.07, 6.45) is -0.601. The van der Waals surface area contributed by atoms with E-state index < -0.39 is 6.10 Å². The number of benzene rings is 2. The zero-order valence-corrected chi connectivity index (χ0v) is 14.7. The maximum absolute atomic E-state index is 10.7. The first-order valence-electron chi connectivity index (χ1n) is 6.17. The third kappa shape index (κ3) is 2.46. The van der Waals surface area contributed by atoms with E-state index in [4.69, 9.17) is 0 Å². The van der Waals surface area contributed by atoms with E-state index in [9.17, 15) is 5.11 Å². The molecule has 0 spiro atoms. The molecule has 4 heteroatoms. The highest BCUT2D eigenvalue weighted by molar-refractivity contribution is 9.11. The standard InChI is InChI=1S/C16H12Br2OS/c1-9-5-6-10(17)7-12(9)15(19)13-8-20-16-11(13)3-2-4-14(16)18/h2-8,15,19H,1H3. The van der Waals surface area contributed by atoms with Crippen molar-refractivity contribution in [2.45, 2.75) is 13.0 Å². The van der Waals surface area contributed by atoms with Crippen molar-refractivity contribution < 1.29 is 5.11 Å². The third-order valence-electron chi connectivity index (χ3n) is 3.41. The van der Waals surface area contributed by atoms with Crippen LogP contribution in [0.2, 0.25) is 0 Å². The fraction of sp³-hybridized carbons (Fsp3) is 0.125. The second-order valence-electron chi connectivity index (χ2n) is 4.71. The van der Waals surface area contributed by atoms with Crippen molar-refractivity contribution in [3.05, 3.63) is 67.4 Å². The predicted molar refractivity (Wildman–Crippen MR) is 92.5 cm³/mol. The van der Waals surface area contributed by atoms with Crippen molar-refractivity contribution in [1.82, 2.24) is 0 Å². The van der Waals surface area contributed by atoms with E-state index >= 15 is 0 Å². The zero-order valence-electron chi connectivity index (χ0n) is 10.7. The number of aryl methyl sites for hydroxylation is 1. The maximum atomic E-state index is 10.7. The summed E-state index contributed by atoms with van der Waals surface area (Å²) < 4.78 is 3.23. The summed E-state index contributed by atoms with van der Waals surface area (Å²) in [5.74, 6) is 0. The molecule has 0 radical (unpaired) electrons. The lowest BCUT2D eigenvalue weighted by Gasteiger charge is -2.14. The molecule has 0 aliphatic carbocycles. The Hall–Kier alpha value is -0.680. The smallest absolute Gasteiger partial charge is 0.106 e. The molecule has 0 fully saturated rings. The van der Waals surface area contributed by atoms with Crippen LogP contribution in [0.3, 0.4) is 0 Å². The Morgan fingerprint density at radius 1 is 1.10 bits per heavy atom. The Morgan fingerprint density at radius 3 is 2.70 bits per heavy atom. The lowest BCUT2D eigenvalue weighted by atomic mass is 9.97. The van der Waals surface area contributed by atoms with E-state index in [1.807, 2.05) is 42.6 Å². The molecule has 1 heterocycles. The van der Waals surface area contributed by atoms with Gasteiger partial charge in [-0.1, -0.05) is 34.1 Å². The van der Waals surface area contributed by atoms with Crippen molar-refractivity contribution in [3.8, 4) is 0 Å². The van der Waals surface area contributed by atoms with Crippen LogP contribution >= 0.6 is 43.2 Å². The molecular formula is C16H12Br2OS. The summed E-state index contributed by atoms with van der Waals surface area (Å²) in [4.78, 5) is 0. The van der Waals surface area contributed by atoms with E-state index in [2.05, 4.69) is 37.9 Å². The SMILES string of the molecule is Cc1ccc(Br)cc1C(O)c1csc2c(Br)cccc12. The zero-order chi connectivity index (χ0) is 14.3. The molecule has 0 bridgehead atoms. The van der Waals surface area contributed by atoms with Gasteiger partial charge >= 0.3 is 0 Å². The lowest BCUT2D eigenvalue weighted by molar-refractivity contribution is 0.221. The van der Waals surface area contributed by atoms with Crippen LogP contribution in [0.15, 0.2) is 50.7 Å². The Kier molecular flexibility index (Phi) is 4.00. The van der Waals surface area contributed by atoms with Gasteiger partial charge in [-0.25, -0.2) is 0 Å². The van der Waals surface area contributed by atoms with Crippen LogP contribution in [0, 0.1) is 6.92 Å². The third-order valence-corrected chi connectivity index (χ3v) is 5.88. The van der Waals surface area contributed by atoms with E-state index in [1.165, 1.54) is 4.70 Å². The first kappa shape index (κ1) is 14.3. The second kappa shape index (κ2) is 5.60. The van der Waals surface area contributed by atoms with Gasteiger partial charge in [0.05, 0.1) is 0 Å². The van der Waals surface area contributed by atoms with Gasteiger partial charge in [-0.3, -0.25) is 0 Å². The molecule has 1 nitrogen and oxygen atoms in total. The molecule has 1 atom stereocenters. The normalized spacial score (nSPS) is 12.8. The van der Waals surface area contributed by atoms with E-state index in [-0.39, 0.29) is 0 Å². The van der Waals surface area contributed by atoms with Gasteiger partial charge in [-0.15, -0.1) is 11.3 Å². The number of hydrogen-bond donors (Lipinski definition) is 1. The largest absolute Gasteiger partial charge is 0.384 e. The fourth-order valence-electron chi connectivity index (χ4n) is 2.33. The number of fused-ring (bicyclic) bond motifs is 1. The summed E-state index contributed by atoms with van der Waals surface area (Å²) in [6, 6.07) is 12.1. The lowest BCUT2D eigenvalue weighted by Crippen LogP contribution is -2.01. The van der Waals surface area contributed by atoms with Crippen LogP contribution in [0.5, 0.6) is 0 Å². The molecular weight excluding hydrogens is 400 g/mol. The second-order valence-corrected chi connectivity index (χ2v) is 7.36. The number of aliphatic hydroxyl groups is 1. The van der Waals surface area contributed by atoms with Gasteiger partial charge in [0.2, 0.25) is 0 Å². The highest BCUT2D eigenvalue weighted by Crippen LogP contribution is 2.38. The van der Waals surface area contributed by atoms with Crippen LogP contribution in [0.25, 0.3) is 10.1 Å². The van der Waals surface area contributed by atoms with Crippen LogP contribution in [0.4, 0.5) is 0 Å². The Balaban J connectivity index is 2.15. The molecule has 102 valence electrons. The topological polar surface area (TPSA) is 20.2 Å². The number of aliphatic hydroxyl groups excluding tert-OH is 1. The Morgan fingerprint density at radius 2 is 1.90 bits per heavy atom. The molecule has 3 aromatic rings. The van der Waals surface area contributed by atoms with Crippen LogP contribution in [0.1, 0.15) is 22.8 Å². The van der Waals surface area contributed by atoms with Crippen LogP contribution < -0.4 is 0 Å². The molecule has 0 saturated carbocycles. The summed E-state index contributed by atoms with van der Waals surface area (Å²) in [7, 11) is 0. The van der Waals surface area contributed by atoms with Crippen molar-refractivity contribution >= 4 is 53.3 Å². The summed E-state index contributed by atoms with van der Waals surface area (Å²) >= 11 is 8.69. The summed E-state index contributed by atoms with van der Waals surface area (Å²) in [5.41, 5.74) is 3.00. The van der Waals surface area contributed by atoms with Crippen molar-refractivity contribution in [1.29, 1.82) is 0 Å². The predicted octanol–water partition coefficient (Wildman–Crippen LogP) is 5.82. The number of hydrogen-bond acceptors (Lipinski definition) is 2. The molecule has 20 heavy (non-hydrogen) atoms. The van der Waals surface area contributed by atoms with Gasteiger partial charge in [0.25, 0.3) is 0 Å². The average molecular weight is 412 g/mol. The van der Waals surface area contributed by atoms with Gasteiger partial charge in [-0.2, -0.15) is 0 Å². The van der Waals surface area contributed by atoms with Gasteiger partial charge in [0.1, 0.15) is 6.10 Å². The molecule has 1 unspecified atom stereocenters. The van der Waals surface area contributed by atoms with Crippen molar-refractivity contribution in [2.24, 2.45) is 0 Å². The summed E-state index contributed by atoms with van der Waals surface area (Å²) in [5, 5.41) is 13.9. The van der Waals surface area contributed by atoms with Gasteiger partial charge < -0.3 is 5.11 Å². The van der Waals surface area contributed by atoms with Crippen molar-refractivity contribution in [2.75, 3.05) is 0 Å². The van der Waals surface area contributed by atoms with Gasteiger partial charge in [-0.05, 0) is 62.9 Å². The molecule has 2 aromatic carbocycles. The summed E-state index contributed by atoms with van der Waals surface area (Å²) in [6.45, 7) is 2.02. The molecule has 1 N–H and O–H groups in total. The Bertz CT molecular complexity index is 779. The number of rotatable bonds is 2. The molecule has 0 aliphatic rings. The minimum absolute atomic E-state index is 0.601. The molecule has 0 aliphatic heterocycles. The molecule has 0 saturated heterocycles. The highest BCUT2D eigenvalue weighted by atomic mass is 79.9. The van der Waals surface area contributed by atoms with Gasteiger partial charge in [0.15, 0.2) is 0 Å². The molecule has 0 amide bonds. The average Bonchev–Trinajstić information content (AvgIpc) is 2.86. The first-order chi connectivity index (χ1) is 9.58. The highest BCUT2D eigenvalue weighted by Gasteiger charge is 2.18. The number of thiophene rings is 1.